The monoisotopic (exact) mass is 374 g/mol. The van der Waals surface area contributed by atoms with Crippen LogP contribution in [-0.4, -0.2) is 37.4 Å². The average Bonchev–Trinajstić information content (AvgIpc) is 3.15. The van der Waals surface area contributed by atoms with Gasteiger partial charge in [-0.15, -0.1) is 0 Å². The van der Waals surface area contributed by atoms with Crippen LogP contribution in [0.15, 0.2) is 82.7 Å². The molecule has 0 spiro atoms. The summed E-state index contributed by atoms with van der Waals surface area (Å²) >= 11 is 0. The van der Waals surface area contributed by atoms with Crippen LogP contribution in [0, 0.1) is 0 Å². The third kappa shape index (κ3) is 4.70. The van der Waals surface area contributed by atoms with Crippen molar-refractivity contribution in [3.05, 3.63) is 88.6 Å². The number of rotatable bonds is 6. The van der Waals surface area contributed by atoms with Crippen LogP contribution in [0.2, 0.25) is 0 Å². The Bertz CT molecular complexity index is 851. The predicted octanol–water partition coefficient (Wildman–Crippen LogP) is 4.65. The highest BCUT2D eigenvalue weighted by Gasteiger charge is 2.25. The lowest BCUT2D eigenvalue weighted by Gasteiger charge is -2.31. The molecule has 1 aliphatic heterocycles. The van der Waals surface area contributed by atoms with Gasteiger partial charge in [-0.1, -0.05) is 65.8 Å². The van der Waals surface area contributed by atoms with Crippen molar-refractivity contribution in [1.29, 1.82) is 0 Å². The van der Waals surface area contributed by atoms with Gasteiger partial charge in [0.25, 0.3) is 0 Å². The molecule has 1 saturated heterocycles. The quantitative estimate of drug-likeness (QED) is 0.545. The van der Waals surface area contributed by atoms with Crippen molar-refractivity contribution in [3.63, 3.8) is 0 Å². The minimum absolute atomic E-state index is 0.490. The SMILES string of the molecule is C(=N\OCc1ccccc1)/C1=C(N2CCOCC2)C(=C/c2ccccc2)/CC1. The topological polar surface area (TPSA) is 34.1 Å². The summed E-state index contributed by atoms with van der Waals surface area (Å²) in [6.07, 6.45) is 6.22. The molecule has 0 atom stereocenters. The molecule has 1 aliphatic carbocycles. The van der Waals surface area contributed by atoms with Crippen molar-refractivity contribution in [2.24, 2.45) is 5.16 Å². The number of hydrogen-bond donors (Lipinski definition) is 0. The zero-order valence-corrected chi connectivity index (χ0v) is 16.1. The molecule has 4 nitrogen and oxygen atoms in total. The molecule has 1 heterocycles. The molecular formula is C24H26N2O2. The van der Waals surface area contributed by atoms with E-state index in [1.165, 1.54) is 22.4 Å². The highest BCUT2D eigenvalue weighted by Crippen LogP contribution is 2.35. The van der Waals surface area contributed by atoms with E-state index in [9.17, 15) is 0 Å². The first-order valence-electron chi connectivity index (χ1n) is 9.91. The normalized spacial score (nSPS) is 19.0. The van der Waals surface area contributed by atoms with Crippen LogP contribution in [0.3, 0.4) is 0 Å². The molecule has 0 radical (unpaired) electrons. The molecule has 0 saturated carbocycles. The number of hydrogen-bond acceptors (Lipinski definition) is 4. The highest BCUT2D eigenvalue weighted by atomic mass is 16.6. The van der Waals surface area contributed by atoms with E-state index in [4.69, 9.17) is 9.57 Å². The largest absolute Gasteiger partial charge is 0.391 e. The van der Waals surface area contributed by atoms with Crippen LogP contribution >= 0.6 is 0 Å². The van der Waals surface area contributed by atoms with E-state index in [2.05, 4.69) is 46.5 Å². The number of allylic oxidation sites excluding steroid dienone is 2. The Balaban J connectivity index is 1.53. The zero-order valence-electron chi connectivity index (χ0n) is 16.1. The summed E-state index contributed by atoms with van der Waals surface area (Å²) in [6, 6.07) is 20.6. The van der Waals surface area contributed by atoms with Crippen molar-refractivity contribution in [3.8, 4) is 0 Å². The summed E-state index contributed by atoms with van der Waals surface area (Å²) < 4.78 is 5.55. The van der Waals surface area contributed by atoms with Gasteiger partial charge in [0.2, 0.25) is 0 Å². The Kier molecular flexibility index (Phi) is 6.20. The Morgan fingerprint density at radius 1 is 0.929 bits per heavy atom. The Hall–Kier alpha value is -2.85. The van der Waals surface area contributed by atoms with Gasteiger partial charge in [-0.05, 0) is 41.2 Å². The molecule has 0 amide bonds. The van der Waals surface area contributed by atoms with Gasteiger partial charge in [-0.25, -0.2) is 0 Å². The predicted molar refractivity (Wildman–Crippen MR) is 113 cm³/mol. The first-order chi connectivity index (χ1) is 13.9. The fraction of sp³-hybridized carbons (Fsp3) is 0.292. The third-order valence-corrected chi connectivity index (χ3v) is 5.10. The van der Waals surface area contributed by atoms with E-state index in [1.54, 1.807) is 0 Å². The molecule has 2 aromatic rings. The molecule has 2 aliphatic rings. The van der Waals surface area contributed by atoms with Crippen LogP contribution in [0.1, 0.15) is 24.0 Å². The van der Waals surface area contributed by atoms with E-state index in [-0.39, 0.29) is 0 Å². The Labute approximate surface area is 166 Å². The van der Waals surface area contributed by atoms with Crippen molar-refractivity contribution >= 4 is 12.3 Å². The van der Waals surface area contributed by atoms with E-state index in [1.807, 2.05) is 36.5 Å². The Morgan fingerprint density at radius 3 is 2.39 bits per heavy atom. The van der Waals surface area contributed by atoms with Crippen molar-refractivity contribution in [2.45, 2.75) is 19.4 Å². The summed E-state index contributed by atoms with van der Waals surface area (Å²) in [6.45, 7) is 3.88. The standard InChI is InChI=1S/C24H26N2O2/c1-3-7-20(8-4-1)17-22-11-12-23(24(22)26-13-15-27-16-14-26)18-25-28-19-21-9-5-2-6-10-21/h1-10,17-18H,11-16,19H2/b22-17+,25-18+. The third-order valence-electron chi connectivity index (χ3n) is 5.10. The summed E-state index contributed by atoms with van der Waals surface area (Å²) in [4.78, 5) is 7.98. The molecule has 28 heavy (non-hydrogen) atoms. The minimum Gasteiger partial charge on any atom is -0.391 e. The molecule has 0 aromatic heterocycles. The maximum Gasteiger partial charge on any atom is 0.142 e. The fourth-order valence-corrected chi connectivity index (χ4v) is 3.71. The maximum atomic E-state index is 5.55. The molecule has 4 heteroatoms. The number of nitrogens with zero attached hydrogens (tertiary/aromatic N) is 2. The lowest BCUT2D eigenvalue weighted by atomic mass is 10.1. The smallest absolute Gasteiger partial charge is 0.142 e. The van der Waals surface area contributed by atoms with Gasteiger partial charge in [0.1, 0.15) is 6.61 Å². The van der Waals surface area contributed by atoms with Gasteiger partial charge in [-0.3, -0.25) is 0 Å². The summed E-state index contributed by atoms with van der Waals surface area (Å²) in [5, 5.41) is 4.27. The van der Waals surface area contributed by atoms with Crippen LogP contribution < -0.4 is 0 Å². The van der Waals surface area contributed by atoms with Gasteiger partial charge in [0, 0.05) is 18.8 Å². The number of morpholine rings is 1. The number of ether oxygens (including phenoxy) is 1. The van der Waals surface area contributed by atoms with Crippen LogP contribution in [0.5, 0.6) is 0 Å². The molecule has 0 bridgehead atoms. The van der Waals surface area contributed by atoms with Gasteiger partial charge in [0.05, 0.1) is 19.4 Å². The number of benzene rings is 2. The van der Waals surface area contributed by atoms with E-state index in [0.717, 1.165) is 44.7 Å². The molecule has 1 fully saturated rings. The fourth-order valence-electron chi connectivity index (χ4n) is 3.71. The lowest BCUT2D eigenvalue weighted by Crippen LogP contribution is -2.36. The summed E-state index contributed by atoms with van der Waals surface area (Å²) in [5.41, 5.74) is 6.29. The summed E-state index contributed by atoms with van der Waals surface area (Å²) in [7, 11) is 0. The van der Waals surface area contributed by atoms with Crippen LogP contribution in [0.4, 0.5) is 0 Å². The van der Waals surface area contributed by atoms with E-state index < -0.39 is 0 Å². The first kappa shape index (κ1) is 18.5. The number of oxime groups is 1. The minimum atomic E-state index is 0.490. The van der Waals surface area contributed by atoms with E-state index in [0.29, 0.717) is 6.61 Å². The van der Waals surface area contributed by atoms with Gasteiger partial charge >= 0.3 is 0 Å². The second-order valence-electron chi connectivity index (χ2n) is 7.05. The molecule has 2 aromatic carbocycles. The van der Waals surface area contributed by atoms with Gasteiger partial charge in [-0.2, -0.15) is 0 Å². The van der Waals surface area contributed by atoms with Crippen molar-refractivity contribution in [1.82, 2.24) is 4.90 Å². The average molecular weight is 374 g/mol. The van der Waals surface area contributed by atoms with Crippen molar-refractivity contribution < 1.29 is 9.57 Å². The molecular weight excluding hydrogens is 348 g/mol. The van der Waals surface area contributed by atoms with E-state index >= 15 is 0 Å². The van der Waals surface area contributed by atoms with Gasteiger partial charge in [0.15, 0.2) is 0 Å². The molecule has 4 rings (SSSR count). The second-order valence-corrected chi connectivity index (χ2v) is 7.05. The first-order valence-corrected chi connectivity index (χ1v) is 9.91. The molecule has 0 N–H and O–H groups in total. The highest BCUT2D eigenvalue weighted by molar-refractivity contribution is 5.83. The lowest BCUT2D eigenvalue weighted by molar-refractivity contribution is 0.0548. The Morgan fingerprint density at radius 2 is 1.64 bits per heavy atom. The maximum absolute atomic E-state index is 5.55. The summed E-state index contributed by atoms with van der Waals surface area (Å²) in [5.74, 6) is 0. The van der Waals surface area contributed by atoms with Gasteiger partial charge < -0.3 is 14.5 Å². The van der Waals surface area contributed by atoms with Crippen LogP contribution in [-0.2, 0) is 16.2 Å². The molecule has 144 valence electrons. The second kappa shape index (κ2) is 9.38. The van der Waals surface area contributed by atoms with Crippen molar-refractivity contribution in [2.75, 3.05) is 26.3 Å². The molecule has 0 unspecified atom stereocenters. The van der Waals surface area contributed by atoms with Crippen LogP contribution in [0.25, 0.3) is 6.08 Å². The zero-order chi connectivity index (χ0) is 19.0.